The molecule has 0 aliphatic rings. The van der Waals surface area contributed by atoms with E-state index in [0.29, 0.717) is 5.56 Å². The summed E-state index contributed by atoms with van der Waals surface area (Å²) in [6.45, 7) is -0.112. The van der Waals surface area contributed by atoms with Gasteiger partial charge in [-0.2, -0.15) is 9.98 Å². The van der Waals surface area contributed by atoms with E-state index >= 15 is 0 Å². The number of terminal acetylenes is 1. The number of nitrogens with zero attached hydrogens (tertiary/aromatic N) is 1. The van der Waals surface area contributed by atoms with Crippen molar-refractivity contribution in [2.24, 2.45) is 0 Å². The first-order valence-corrected chi connectivity index (χ1v) is 6.00. The second-order valence-electron chi connectivity index (χ2n) is 2.79. The molecule has 0 aliphatic heterocycles. The summed E-state index contributed by atoms with van der Waals surface area (Å²) >= 11 is 5.75. The zero-order chi connectivity index (χ0) is 12.2. The maximum atomic E-state index is 11.6. The van der Waals surface area contributed by atoms with Crippen LogP contribution in [-0.4, -0.2) is 15.0 Å². The topological polar surface area (TPSA) is 70.0 Å². The van der Waals surface area contributed by atoms with Gasteiger partial charge in [0, 0.05) is 0 Å². The lowest BCUT2D eigenvalue weighted by Gasteiger charge is -2.05. The minimum absolute atomic E-state index is 0.0106. The normalized spacial score (nSPS) is 10.4. The summed E-state index contributed by atoms with van der Waals surface area (Å²) < 4.78 is 25.4. The van der Waals surface area contributed by atoms with Gasteiger partial charge in [0.25, 0.3) is 0 Å². The van der Waals surface area contributed by atoms with Crippen LogP contribution in [0.5, 0.6) is 0 Å². The molecule has 1 rings (SSSR count). The van der Waals surface area contributed by atoms with Crippen LogP contribution >= 0.6 is 11.6 Å². The fraction of sp³-hybridized carbons (Fsp3) is 0.100. The van der Waals surface area contributed by atoms with Gasteiger partial charge in [0.05, 0.1) is 23.2 Å². The van der Waals surface area contributed by atoms with Gasteiger partial charge in [-0.3, -0.25) is 0 Å². The van der Waals surface area contributed by atoms with Crippen LogP contribution in [-0.2, 0) is 10.0 Å². The first kappa shape index (κ1) is 12.5. The molecule has 0 fully saturated rings. The van der Waals surface area contributed by atoms with E-state index in [9.17, 15) is 8.42 Å². The zero-order valence-electron chi connectivity index (χ0n) is 8.07. The summed E-state index contributed by atoms with van der Waals surface area (Å²) in [5.74, 6) is 2.15. The van der Waals surface area contributed by atoms with E-state index in [1.165, 1.54) is 18.2 Å². The highest BCUT2D eigenvalue weighted by molar-refractivity contribution is 7.89. The Hall–Kier alpha value is -1.53. The lowest BCUT2D eigenvalue weighted by atomic mass is 10.2. The Morgan fingerprint density at radius 1 is 1.50 bits per heavy atom. The maximum absolute atomic E-state index is 11.6. The highest BCUT2D eigenvalue weighted by Gasteiger charge is 2.17. The fourth-order valence-electron chi connectivity index (χ4n) is 1.00. The molecule has 0 heterocycles. The molecule has 0 unspecified atom stereocenters. The van der Waals surface area contributed by atoms with Gasteiger partial charge >= 0.3 is 0 Å². The second-order valence-corrected chi connectivity index (χ2v) is 4.93. The molecule has 1 N–H and O–H groups in total. The summed E-state index contributed by atoms with van der Waals surface area (Å²) in [5, 5.41) is 8.59. The van der Waals surface area contributed by atoms with Gasteiger partial charge in [-0.25, -0.2) is 8.42 Å². The van der Waals surface area contributed by atoms with Crippen molar-refractivity contribution >= 4 is 21.6 Å². The molecule has 0 amide bonds. The molecule has 16 heavy (non-hydrogen) atoms. The fourth-order valence-corrected chi connectivity index (χ4v) is 2.48. The van der Waals surface area contributed by atoms with Crippen LogP contribution in [0.15, 0.2) is 23.1 Å². The molecular formula is C10H7ClN2O2S. The highest BCUT2D eigenvalue weighted by Crippen LogP contribution is 2.22. The van der Waals surface area contributed by atoms with E-state index in [-0.39, 0.29) is 16.5 Å². The van der Waals surface area contributed by atoms with E-state index in [4.69, 9.17) is 23.3 Å². The number of benzene rings is 1. The molecule has 0 saturated carbocycles. The first-order chi connectivity index (χ1) is 7.51. The average Bonchev–Trinajstić information content (AvgIpc) is 2.25. The SMILES string of the molecule is C#CCNS(=O)(=O)c1ccc(C#N)cc1Cl. The van der Waals surface area contributed by atoms with Gasteiger partial charge in [0.15, 0.2) is 0 Å². The Bertz CT molecular complexity index is 582. The largest absolute Gasteiger partial charge is 0.242 e. The summed E-state index contributed by atoms with van der Waals surface area (Å²) in [5.41, 5.74) is 0.292. The van der Waals surface area contributed by atoms with Crippen molar-refractivity contribution in [2.75, 3.05) is 6.54 Å². The maximum Gasteiger partial charge on any atom is 0.242 e. The minimum atomic E-state index is -3.71. The number of halogens is 1. The molecule has 0 spiro atoms. The highest BCUT2D eigenvalue weighted by atomic mass is 35.5. The number of hydrogen-bond donors (Lipinski definition) is 1. The predicted octanol–water partition coefficient (Wildman–Crippen LogP) is 1.12. The quantitative estimate of drug-likeness (QED) is 0.822. The van der Waals surface area contributed by atoms with Crippen LogP contribution in [0.1, 0.15) is 5.56 Å². The van der Waals surface area contributed by atoms with Crippen LogP contribution in [0.2, 0.25) is 5.02 Å². The molecule has 4 nitrogen and oxygen atoms in total. The second kappa shape index (κ2) is 5.00. The Morgan fingerprint density at radius 2 is 2.19 bits per heavy atom. The zero-order valence-corrected chi connectivity index (χ0v) is 9.64. The van der Waals surface area contributed by atoms with Crippen molar-refractivity contribution in [3.63, 3.8) is 0 Å². The summed E-state index contributed by atoms with van der Waals surface area (Å²) in [6, 6.07) is 5.78. The molecule has 82 valence electrons. The molecule has 6 heteroatoms. The lowest BCUT2D eigenvalue weighted by Crippen LogP contribution is -2.24. The van der Waals surface area contributed by atoms with Crippen LogP contribution in [0.3, 0.4) is 0 Å². The molecule has 0 aromatic heterocycles. The summed E-state index contributed by atoms with van der Waals surface area (Å²) in [6.07, 6.45) is 4.94. The van der Waals surface area contributed by atoms with Crippen molar-refractivity contribution in [1.82, 2.24) is 4.72 Å². The third kappa shape index (κ3) is 2.74. The van der Waals surface area contributed by atoms with Crippen molar-refractivity contribution in [3.05, 3.63) is 28.8 Å². The molecule has 0 bridgehead atoms. The van der Waals surface area contributed by atoms with Crippen molar-refractivity contribution < 1.29 is 8.42 Å². The standard InChI is InChI=1S/C10H7ClN2O2S/c1-2-5-13-16(14,15)10-4-3-8(7-12)6-9(10)11/h1,3-4,6,13H,5H2. The van der Waals surface area contributed by atoms with Gasteiger partial charge < -0.3 is 0 Å². The Labute approximate surface area is 98.9 Å². The number of nitrogens with one attached hydrogen (secondary N) is 1. The van der Waals surface area contributed by atoms with E-state index in [0.717, 1.165) is 0 Å². The lowest BCUT2D eigenvalue weighted by molar-refractivity contribution is 0.586. The molecule has 0 radical (unpaired) electrons. The van der Waals surface area contributed by atoms with Crippen molar-refractivity contribution in [3.8, 4) is 18.4 Å². The van der Waals surface area contributed by atoms with Gasteiger partial charge in [0.2, 0.25) is 10.0 Å². The van der Waals surface area contributed by atoms with E-state index < -0.39 is 10.0 Å². The number of nitriles is 1. The number of sulfonamides is 1. The monoisotopic (exact) mass is 254 g/mol. The number of rotatable bonds is 3. The average molecular weight is 255 g/mol. The summed E-state index contributed by atoms with van der Waals surface area (Å²) in [4.78, 5) is -0.0941. The van der Waals surface area contributed by atoms with E-state index in [2.05, 4.69) is 10.6 Å². The minimum Gasteiger partial charge on any atom is -0.207 e. The molecule has 1 aromatic rings. The van der Waals surface area contributed by atoms with Gasteiger partial charge in [-0.1, -0.05) is 17.5 Å². The van der Waals surface area contributed by atoms with E-state index in [1.54, 1.807) is 0 Å². The Kier molecular flexibility index (Phi) is 3.92. The Balaban J connectivity index is 3.16. The molecule has 0 saturated heterocycles. The first-order valence-electron chi connectivity index (χ1n) is 4.14. The molecule has 0 aliphatic carbocycles. The van der Waals surface area contributed by atoms with Crippen LogP contribution in [0.25, 0.3) is 0 Å². The van der Waals surface area contributed by atoms with Gasteiger partial charge in [-0.05, 0) is 18.2 Å². The number of hydrogen-bond acceptors (Lipinski definition) is 3. The molecule has 0 atom stereocenters. The van der Waals surface area contributed by atoms with Crippen LogP contribution < -0.4 is 4.72 Å². The van der Waals surface area contributed by atoms with Gasteiger partial charge in [-0.15, -0.1) is 6.42 Å². The predicted molar refractivity (Wildman–Crippen MR) is 60.2 cm³/mol. The molecule has 1 aromatic carbocycles. The smallest absolute Gasteiger partial charge is 0.207 e. The van der Waals surface area contributed by atoms with Crippen molar-refractivity contribution in [2.45, 2.75) is 4.90 Å². The molecular weight excluding hydrogens is 248 g/mol. The Morgan fingerprint density at radius 3 is 2.69 bits per heavy atom. The van der Waals surface area contributed by atoms with Gasteiger partial charge in [0.1, 0.15) is 4.90 Å². The third-order valence-corrected chi connectivity index (χ3v) is 3.60. The summed E-state index contributed by atoms with van der Waals surface area (Å²) in [7, 11) is -3.71. The van der Waals surface area contributed by atoms with Crippen LogP contribution in [0, 0.1) is 23.7 Å². The van der Waals surface area contributed by atoms with Crippen molar-refractivity contribution in [1.29, 1.82) is 5.26 Å². The van der Waals surface area contributed by atoms with E-state index in [1.807, 2.05) is 6.07 Å². The van der Waals surface area contributed by atoms with Crippen LogP contribution in [0.4, 0.5) is 0 Å². The third-order valence-electron chi connectivity index (χ3n) is 1.71.